The zero-order valence-electron chi connectivity index (χ0n) is 15.1. The van der Waals surface area contributed by atoms with E-state index < -0.39 is 0 Å². The number of thioether (sulfide) groups is 1. The molecule has 1 aliphatic heterocycles. The molecule has 1 saturated heterocycles. The number of rotatable bonds is 7. The lowest BCUT2D eigenvalue weighted by Crippen LogP contribution is -2.47. The lowest BCUT2D eigenvalue weighted by molar-refractivity contribution is 0.151. The topological polar surface area (TPSA) is 44.3 Å². The molecular formula is C19H27N5S. The van der Waals surface area contributed by atoms with Crippen molar-refractivity contribution in [1.29, 1.82) is 0 Å². The molecule has 0 bridgehead atoms. The van der Waals surface area contributed by atoms with Crippen LogP contribution in [0.15, 0.2) is 47.8 Å². The van der Waals surface area contributed by atoms with Crippen LogP contribution in [0.5, 0.6) is 0 Å². The van der Waals surface area contributed by atoms with E-state index in [-0.39, 0.29) is 0 Å². The van der Waals surface area contributed by atoms with Crippen molar-refractivity contribution in [2.75, 3.05) is 45.1 Å². The molecule has 1 unspecified atom stereocenters. The summed E-state index contributed by atoms with van der Waals surface area (Å²) in [5.41, 5.74) is 1.30. The summed E-state index contributed by atoms with van der Waals surface area (Å²) >= 11 is 1.72. The van der Waals surface area contributed by atoms with Crippen LogP contribution < -0.4 is 5.32 Å². The minimum atomic E-state index is 0.354. The van der Waals surface area contributed by atoms with Gasteiger partial charge >= 0.3 is 0 Å². The summed E-state index contributed by atoms with van der Waals surface area (Å²) in [5, 5.41) is 4.46. The van der Waals surface area contributed by atoms with Gasteiger partial charge in [0.05, 0.1) is 12.4 Å². The van der Waals surface area contributed by atoms with Crippen LogP contribution in [0.1, 0.15) is 12.5 Å². The predicted molar refractivity (Wildman–Crippen MR) is 105 cm³/mol. The van der Waals surface area contributed by atoms with E-state index in [2.05, 4.69) is 58.3 Å². The van der Waals surface area contributed by atoms with E-state index in [1.54, 1.807) is 11.8 Å². The maximum atomic E-state index is 4.70. The van der Waals surface area contributed by atoms with Gasteiger partial charge in [-0.2, -0.15) is 0 Å². The molecule has 0 aliphatic carbocycles. The van der Waals surface area contributed by atoms with Crippen LogP contribution in [0.4, 0.5) is 5.82 Å². The second kappa shape index (κ2) is 9.17. The molecule has 1 fully saturated rings. The summed E-state index contributed by atoms with van der Waals surface area (Å²) in [6, 6.07) is 10.8. The molecule has 0 saturated carbocycles. The first-order chi connectivity index (χ1) is 12.2. The lowest BCUT2D eigenvalue weighted by Gasteiger charge is -2.34. The molecule has 2 heterocycles. The Kier molecular flexibility index (Phi) is 6.67. The first-order valence-corrected chi connectivity index (χ1v) is 9.84. The van der Waals surface area contributed by atoms with Gasteiger partial charge in [-0.3, -0.25) is 9.88 Å². The fourth-order valence-corrected chi connectivity index (χ4v) is 3.74. The Hall–Kier alpha value is -1.63. The first-order valence-electron chi connectivity index (χ1n) is 8.85. The molecule has 2 aromatic rings. The fraction of sp³-hybridized carbons (Fsp3) is 0.474. The van der Waals surface area contributed by atoms with Gasteiger partial charge in [0.1, 0.15) is 10.8 Å². The summed E-state index contributed by atoms with van der Waals surface area (Å²) in [4.78, 5) is 13.9. The number of benzene rings is 1. The maximum Gasteiger partial charge on any atom is 0.146 e. The van der Waals surface area contributed by atoms with Gasteiger partial charge < -0.3 is 10.2 Å². The summed E-state index contributed by atoms with van der Waals surface area (Å²) in [5.74, 6) is 1.77. The molecule has 25 heavy (non-hydrogen) atoms. The van der Waals surface area contributed by atoms with Crippen LogP contribution in [0.2, 0.25) is 0 Å². The summed E-state index contributed by atoms with van der Waals surface area (Å²) < 4.78 is 0. The van der Waals surface area contributed by atoms with Crippen LogP contribution in [0.25, 0.3) is 0 Å². The number of nitrogens with zero attached hydrogens (tertiary/aromatic N) is 4. The van der Waals surface area contributed by atoms with Crippen LogP contribution in [-0.4, -0.2) is 65.6 Å². The van der Waals surface area contributed by atoms with Gasteiger partial charge in [-0.15, -0.1) is 11.8 Å². The molecule has 0 amide bonds. The zero-order chi connectivity index (χ0) is 17.5. The van der Waals surface area contributed by atoms with Crippen molar-refractivity contribution in [3.05, 3.63) is 48.3 Å². The predicted octanol–water partition coefficient (Wildman–Crippen LogP) is 2.82. The van der Waals surface area contributed by atoms with Gasteiger partial charge in [0.25, 0.3) is 0 Å². The van der Waals surface area contributed by atoms with E-state index in [1.807, 2.05) is 18.5 Å². The molecule has 1 aliphatic rings. The van der Waals surface area contributed by atoms with Gasteiger partial charge in [-0.1, -0.05) is 30.3 Å². The van der Waals surface area contributed by atoms with Crippen molar-refractivity contribution < 1.29 is 0 Å². The lowest BCUT2D eigenvalue weighted by atomic mass is 10.2. The molecule has 0 radical (unpaired) electrons. The summed E-state index contributed by atoms with van der Waals surface area (Å²) in [7, 11) is 2.19. The third-order valence-electron chi connectivity index (χ3n) is 4.36. The Bertz CT molecular complexity index is 643. The Morgan fingerprint density at radius 1 is 1.12 bits per heavy atom. The highest BCUT2D eigenvalue weighted by Gasteiger charge is 2.16. The van der Waals surface area contributed by atoms with E-state index in [0.717, 1.165) is 49.3 Å². The largest absolute Gasteiger partial charge is 0.365 e. The van der Waals surface area contributed by atoms with Crippen molar-refractivity contribution in [2.24, 2.45) is 0 Å². The number of nitrogens with one attached hydrogen (secondary N) is 1. The van der Waals surface area contributed by atoms with E-state index in [1.165, 1.54) is 5.56 Å². The number of aromatic nitrogens is 2. The quantitative estimate of drug-likeness (QED) is 0.769. The Labute approximate surface area is 154 Å². The highest BCUT2D eigenvalue weighted by molar-refractivity contribution is 7.98. The maximum absolute atomic E-state index is 4.70. The molecule has 1 N–H and O–H groups in total. The molecule has 6 heteroatoms. The number of hydrogen-bond donors (Lipinski definition) is 1. The smallest absolute Gasteiger partial charge is 0.146 e. The molecular weight excluding hydrogens is 330 g/mol. The second-order valence-electron chi connectivity index (χ2n) is 6.67. The molecule has 134 valence electrons. The molecule has 0 spiro atoms. The van der Waals surface area contributed by atoms with Crippen molar-refractivity contribution in [3.8, 4) is 0 Å². The van der Waals surface area contributed by atoms with Crippen molar-refractivity contribution in [2.45, 2.75) is 23.7 Å². The van der Waals surface area contributed by atoms with Crippen LogP contribution in [-0.2, 0) is 5.75 Å². The number of anilines is 1. The molecule has 1 aromatic carbocycles. The van der Waals surface area contributed by atoms with Gasteiger partial charge in [0, 0.05) is 44.5 Å². The van der Waals surface area contributed by atoms with E-state index in [0.29, 0.717) is 6.04 Å². The van der Waals surface area contributed by atoms with Crippen molar-refractivity contribution in [3.63, 3.8) is 0 Å². The monoisotopic (exact) mass is 357 g/mol. The van der Waals surface area contributed by atoms with Gasteiger partial charge in [0.2, 0.25) is 0 Å². The van der Waals surface area contributed by atoms with Crippen molar-refractivity contribution >= 4 is 17.6 Å². The number of hydrogen-bond acceptors (Lipinski definition) is 6. The third-order valence-corrected chi connectivity index (χ3v) is 5.33. The molecule has 1 atom stereocenters. The Balaban J connectivity index is 1.49. The third kappa shape index (κ3) is 5.99. The van der Waals surface area contributed by atoms with Crippen LogP contribution >= 0.6 is 11.8 Å². The molecule has 3 rings (SSSR count). The van der Waals surface area contributed by atoms with Crippen molar-refractivity contribution in [1.82, 2.24) is 19.8 Å². The summed E-state index contributed by atoms with van der Waals surface area (Å²) in [6.07, 6.45) is 3.65. The minimum absolute atomic E-state index is 0.354. The van der Waals surface area contributed by atoms with Crippen LogP contribution in [0, 0.1) is 0 Å². The number of likely N-dealkylation sites (N-methyl/N-ethyl adjacent to an activating group) is 1. The van der Waals surface area contributed by atoms with E-state index >= 15 is 0 Å². The Morgan fingerprint density at radius 2 is 1.88 bits per heavy atom. The molecule has 1 aromatic heterocycles. The first kappa shape index (κ1) is 18.2. The van der Waals surface area contributed by atoms with Crippen LogP contribution in [0.3, 0.4) is 0 Å². The van der Waals surface area contributed by atoms with E-state index in [9.17, 15) is 0 Å². The SMILES string of the molecule is CC(CN1CCN(C)CC1)Nc1cncc(SCc2ccccc2)n1. The number of piperazine rings is 1. The highest BCUT2D eigenvalue weighted by Crippen LogP contribution is 2.21. The summed E-state index contributed by atoms with van der Waals surface area (Å²) in [6.45, 7) is 7.83. The Morgan fingerprint density at radius 3 is 2.64 bits per heavy atom. The minimum Gasteiger partial charge on any atom is -0.365 e. The second-order valence-corrected chi connectivity index (χ2v) is 7.66. The van der Waals surface area contributed by atoms with E-state index in [4.69, 9.17) is 4.98 Å². The normalized spacial score (nSPS) is 17.4. The van der Waals surface area contributed by atoms with Gasteiger partial charge in [0.15, 0.2) is 0 Å². The molecule has 5 nitrogen and oxygen atoms in total. The zero-order valence-corrected chi connectivity index (χ0v) is 15.9. The van der Waals surface area contributed by atoms with Gasteiger partial charge in [-0.25, -0.2) is 4.98 Å². The average Bonchev–Trinajstić information content (AvgIpc) is 2.63. The highest BCUT2D eigenvalue weighted by atomic mass is 32.2. The van der Waals surface area contributed by atoms with Gasteiger partial charge in [-0.05, 0) is 19.5 Å². The fourth-order valence-electron chi connectivity index (χ4n) is 2.93. The average molecular weight is 358 g/mol. The standard InChI is InChI=1S/C19H27N5S/c1-16(14-24-10-8-23(2)9-11-24)21-18-12-20-13-19(22-18)25-15-17-6-4-3-5-7-17/h3-7,12-13,16H,8-11,14-15H2,1-2H3,(H,21,22).